The average Bonchev–Trinajstić information content (AvgIpc) is 2.71. The first-order valence-corrected chi connectivity index (χ1v) is 5.56. The number of amides is 1. The summed E-state index contributed by atoms with van der Waals surface area (Å²) < 4.78 is 27.7. The zero-order valence-corrected chi connectivity index (χ0v) is 10.2. The molecule has 0 radical (unpaired) electrons. The molecule has 6 heteroatoms. The lowest BCUT2D eigenvalue weighted by Crippen LogP contribution is -2.29. The van der Waals surface area contributed by atoms with E-state index in [1.165, 1.54) is 10.9 Å². The predicted octanol–water partition coefficient (Wildman–Crippen LogP) is 1.79. The van der Waals surface area contributed by atoms with Gasteiger partial charge in [0.25, 0.3) is 0 Å². The second-order valence-corrected chi connectivity index (χ2v) is 4.04. The minimum absolute atomic E-state index is 0.0614. The molecule has 4 nitrogen and oxygen atoms in total. The van der Waals surface area contributed by atoms with Crippen molar-refractivity contribution in [3.8, 4) is 0 Å². The van der Waals surface area contributed by atoms with Crippen LogP contribution < -0.4 is 0 Å². The Bertz CT molecular complexity index is 594. The van der Waals surface area contributed by atoms with E-state index >= 15 is 0 Å². The molecule has 1 heterocycles. The summed E-state index contributed by atoms with van der Waals surface area (Å²) in [4.78, 5) is 17.2. The van der Waals surface area contributed by atoms with Crippen molar-refractivity contribution in [1.29, 1.82) is 0 Å². The summed E-state index contributed by atoms with van der Waals surface area (Å²) in [5, 5.41) is 0. The molecule has 1 amide bonds. The van der Waals surface area contributed by atoms with E-state index in [0.29, 0.717) is 17.6 Å². The van der Waals surface area contributed by atoms with Gasteiger partial charge in [-0.05, 0) is 6.92 Å². The number of fused-ring (bicyclic) bond motifs is 1. The third kappa shape index (κ3) is 2.18. The number of hydrogen-bond acceptors (Lipinski definition) is 2. The third-order valence-electron chi connectivity index (χ3n) is 2.87. The molecule has 0 spiro atoms. The van der Waals surface area contributed by atoms with Crippen molar-refractivity contribution < 1.29 is 13.6 Å². The van der Waals surface area contributed by atoms with Crippen LogP contribution >= 0.6 is 0 Å². The normalized spacial score (nSPS) is 10.9. The first kappa shape index (κ1) is 12.5. The molecular weight excluding hydrogens is 240 g/mol. The van der Waals surface area contributed by atoms with E-state index in [2.05, 4.69) is 4.98 Å². The molecule has 2 rings (SSSR count). The van der Waals surface area contributed by atoms with Crippen molar-refractivity contribution in [2.75, 3.05) is 13.6 Å². The Balaban J connectivity index is 2.35. The molecule has 0 unspecified atom stereocenters. The molecule has 0 saturated carbocycles. The van der Waals surface area contributed by atoms with Crippen LogP contribution in [-0.2, 0) is 11.3 Å². The molecule has 0 aliphatic heterocycles. The maximum absolute atomic E-state index is 13.2. The third-order valence-corrected chi connectivity index (χ3v) is 2.87. The van der Waals surface area contributed by atoms with Gasteiger partial charge < -0.3 is 9.47 Å². The van der Waals surface area contributed by atoms with Gasteiger partial charge in [0.2, 0.25) is 5.91 Å². The number of imidazole rings is 1. The zero-order valence-electron chi connectivity index (χ0n) is 10.2. The molecule has 0 aliphatic rings. The summed E-state index contributed by atoms with van der Waals surface area (Å²) in [6.07, 6.45) is 1.41. The number of halogens is 2. The smallest absolute Gasteiger partial charge is 0.242 e. The van der Waals surface area contributed by atoms with E-state index in [4.69, 9.17) is 0 Å². The van der Waals surface area contributed by atoms with Crippen molar-refractivity contribution in [3.05, 3.63) is 30.1 Å². The molecule has 0 saturated heterocycles. The number of aromatic nitrogens is 2. The molecule has 1 aromatic carbocycles. The summed E-state index contributed by atoms with van der Waals surface area (Å²) in [6.45, 7) is 2.51. The molecule has 0 aliphatic carbocycles. The molecule has 0 N–H and O–H groups in total. The quantitative estimate of drug-likeness (QED) is 0.836. The number of rotatable bonds is 3. The molecule has 0 bridgehead atoms. The van der Waals surface area contributed by atoms with E-state index in [1.54, 1.807) is 11.9 Å². The maximum atomic E-state index is 13.2. The van der Waals surface area contributed by atoms with Gasteiger partial charge >= 0.3 is 0 Å². The number of likely N-dealkylation sites (N-methyl/N-ethyl adjacent to an activating group) is 1. The number of nitrogens with zero attached hydrogens (tertiary/aromatic N) is 3. The average molecular weight is 253 g/mol. The van der Waals surface area contributed by atoms with E-state index in [-0.39, 0.29) is 12.5 Å². The Morgan fingerprint density at radius 3 is 2.72 bits per heavy atom. The SMILES string of the molecule is CCN(C)C(=O)Cn1cnc2cc(F)c(F)cc21. The Morgan fingerprint density at radius 2 is 2.06 bits per heavy atom. The molecule has 0 atom stereocenters. The summed E-state index contributed by atoms with van der Waals surface area (Å²) in [6, 6.07) is 2.08. The van der Waals surface area contributed by atoms with Gasteiger partial charge in [0.1, 0.15) is 6.54 Å². The van der Waals surface area contributed by atoms with Crippen molar-refractivity contribution in [3.63, 3.8) is 0 Å². The van der Waals surface area contributed by atoms with Crippen molar-refractivity contribution in [1.82, 2.24) is 14.5 Å². The van der Waals surface area contributed by atoms with E-state index < -0.39 is 11.6 Å². The molecule has 2 aromatic rings. The Hall–Kier alpha value is -1.98. The number of hydrogen-bond donors (Lipinski definition) is 0. The Labute approximate surface area is 103 Å². The fourth-order valence-electron chi connectivity index (χ4n) is 1.62. The lowest BCUT2D eigenvalue weighted by Gasteiger charge is -2.14. The van der Waals surface area contributed by atoms with Gasteiger partial charge in [-0.25, -0.2) is 13.8 Å². The summed E-state index contributed by atoms with van der Waals surface area (Å²) in [5.74, 6) is -1.99. The number of carbonyl (C=O) groups is 1. The Morgan fingerprint density at radius 1 is 1.39 bits per heavy atom. The number of carbonyl (C=O) groups excluding carboxylic acids is 1. The summed E-state index contributed by atoms with van der Waals surface area (Å²) in [5.41, 5.74) is 0.743. The van der Waals surface area contributed by atoms with Gasteiger partial charge in [-0.2, -0.15) is 0 Å². The Kier molecular flexibility index (Phi) is 3.27. The second kappa shape index (κ2) is 4.72. The predicted molar refractivity (Wildman–Crippen MR) is 63.0 cm³/mol. The first-order valence-electron chi connectivity index (χ1n) is 5.56. The van der Waals surface area contributed by atoms with Crippen molar-refractivity contribution in [2.45, 2.75) is 13.5 Å². The van der Waals surface area contributed by atoms with Crippen LogP contribution in [0.3, 0.4) is 0 Å². The molecule has 1 aromatic heterocycles. The van der Waals surface area contributed by atoms with Gasteiger partial charge in [-0.15, -0.1) is 0 Å². The van der Waals surface area contributed by atoms with Crippen LogP contribution in [0.5, 0.6) is 0 Å². The molecular formula is C12H13F2N3O. The highest BCUT2D eigenvalue weighted by atomic mass is 19.2. The van der Waals surface area contributed by atoms with Crippen LogP contribution in [0.4, 0.5) is 8.78 Å². The minimum Gasteiger partial charge on any atom is -0.344 e. The highest BCUT2D eigenvalue weighted by Crippen LogP contribution is 2.17. The number of benzene rings is 1. The van der Waals surface area contributed by atoms with Gasteiger partial charge in [0.15, 0.2) is 11.6 Å². The van der Waals surface area contributed by atoms with E-state index in [0.717, 1.165) is 12.1 Å². The maximum Gasteiger partial charge on any atom is 0.242 e. The monoisotopic (exact) mass is 253 g/mol. The molecule has 18 heavy (non-hydrogen) atoms. The van der Waals surface area contributed by atoms with Gasteiger partial charge in [0.05, 0.1) is 17.4 Å². The van der Waals surface area contributed by atoms with Crippen LogP contribution in [0.25, 0.3) is 11.0 Å². The second-order valence-electron chi connectivity index (χ2n) is 4.04. The van der Waals surface area contributed by atoms with Gasteiger partial charge in [-0.3, -0.25) is 4.79 Å². The standard InChI is InChI=1S/C12H13F2N3O/c1-3-16(2)12(18)6-17-7-15-10-4-8(13)9(14)5-11(10)17/h4-5,7H,3,6H2,1-2H3. The van der Waals surface area contributed by atoms with Crippen molar-refractivity contribution >= 4 is 16.9 Å². The van der Waals surface area contributed by atoms with E-state index in [1.807, 2.05) is 6.92 Å². The molecule has 0 fully saturated rings. The van der Waals surface area contributed by atoms with Crippen LogP contribution in [0.1, 0.15) is 6.92 Å². The first-order chi connectivity index (χ1) is 8.52. The summed E-state index contributed by atoms with van der Waals surface area (Å²) in [7, 11) is 1.68. The van der Waals surface area contributed by atoms with Gasteiger partial charge in [0, 0.05) is 25.7 Å². The highest BCUT2D eigenvalue weighted by Gasteiger charge is 2.12. The topological polar surface area (TPSA) is 38.1 Å². The van der Waals surface area contributed by atoms with Crippen LogP contribution in [-0.4, -0.2) is 34.0 Å². The lowest BCUT2D eigenvalue weighted by atomic mass is 10.3. The fraction of sp³-hybridized carbons (Fsp3) is 0.333. The summed E-state index contributed by atoms with van der Waals surface area (Å²) >= 11 is 0. The van der Waals surface area contributed by atoms with Crippen LogP contribution in [0.15, 0.2) is 18.5 Å². The van der Waals surface area contributed by atoms with Crippen LogP contribution in [0.2, 0.25) is 0 Å². The fourth-order valence-corrected chi connectivity index (χ4v) is 1.62. The highest BCUT2D eigenvalue weighted by molar-refractivity contribution is 5.80. The minimum atomic E-state index is -0.944. The van der Waals surface area contributed by atoms with Gasteiger partial charge in [-0.1, -0.05) is 0 Å². The largest absolute Gasteiger partial charge is 0.344 e. The lowest BCUT2D eigenvalue weighted by molar-refractivity contribution is -0.130. The van der Waals surface area contributed by atoms with E-state index in [9.17, 15) is 13.6 Å². The van der Waals surface area contributed by atoms with Crippen molar-refractivity contribution in [2.24, 2.45) is 0 Å². The zero-order chi connectivity index (χ0) is 13.3. The molecule has 96 valence electrons. The van der Waals surface area contributed by atoms with Crippen LogP contribution in [0, 0.1) is 11.6 Å².